The molecule has 4 rings (SSSR count). The van der Waals surface area contributed by atoms with Crippen LogP contribution in [-0.4, -0.2) is 58.0 Å². The maximum atomic E-state index is 11.8. The largest absolute Gasteiger partial charge is 0.353 e. The maximum Gasteiger partial charge on any atom is 0.353 e. The molecular formula is C18H19N7O2. The van der Waals surface area contributed by atoms with Gasteiger partial charge in [0.15, 0.2) is 0 Å². The van der Waals surface area contributed by atoms with E-state index < -0.39 is 4.92 Å². The molecular weight excluding hydrogens is 346 g/mol. The third-order valence-corrected chi connectivity index (χ3v) is 4.67. The minimum absolute atomic E-state index is 0.116. The van der Waals surface area contributed by atoms with Crippen molar-refractivity contribution in [3.05, 3.63) is 53.0 Å². The van der Waals surface area contributed by atoms with Crippen LogP contribution in [0.4, 0.5) is 23.0 Å². The molecule has 1 aliphatic heterocycles. The highest BCUT2D eigenvalue weighted by Crippen LogP contribution is 2.35. The molecule has 3 heterocycles. The number of rotatable bonds is 4. The molecule has 9 nitrogen and oxygen atoms in total. The predicted octanol–water partition coefficient (Wildman–Crippen LogP) is 2.43. The van der Waals surface area contributed by atoms with Crippen LogP contribution in [0.15, 0.2) is 42.9 Å². The van der Waals surface area contributed by atoms with Crippen molar-refractivity contribution in [2.45, 2.75) is 0 Å². The SMILES string of the molecule is CN1CCN(c2ncnc(Nc3cccc4cccnc34)c2[N+](=O)[O-])CC1. The van der Waals surface area contributed by atoms with E-state index in [-0.39, 0.29) is 11.5 Å². The minimum atomic E-state index is -0.422. The van der Waals surface area contributed by atoms with Crippen LogP contribution in [0.5, 0.6) is 0 Å². The fourth-order valence-corrected chi connectivity index (χ4v) is 3.21. The van der Waals surface area contributed by atoms with Crippen molar-refractivity contribution in [2.75, 3.05) is 43.4 Å². The average Bonchev–Trinajstić information content (AvgIpc) is 2.68. The van der Waals surface area contributed by atoms with Crippen LogP contribution in [0.1, 0.15) is 0 Å². The second-order valence-corrected chi connectivity index (χ2v) is 6.45. The zero-order valence-electron chi connectivity index (χ0n) is 14.9. The molecule has 2 aromatic heterocycles. The Balaban J connectivity index is 1.74. The summed E-state index contributed by atoms with van der Waals surface area (Å²) < 4.78 is 0. The Bertz CT molecular complexity index is 981. The van der Waals surface area contributed by atoms with Gasteiger partial charge < -0.3 is 15.1 Å². The smallest absolute Gasteiger partial charge is 0.348 e. The van der Waals surface area contributed by atoms with Crippen molar-refractivity contribution in [1.82, 2.24) is 19.9 Å². The molecule has 0 aliphatic carbocycles. The summed E-state index contributed by atoms with van der Waals surface area (Å²) in [7, 11) is 2.03. The summed E-state index contributed by atoms with van der Waals surface area (Å²) in [5.41, 5.74) is 1.28. The van der Waals surface area contributed by atoms with Crippen molar-refractivity contribution in [3.8, 4) is 0 Å². The number of fused-ring (bicyclic) bond motifs is 1. The monoisotopic (exact) mass is 365 g/mol. The van der Waals surface area contributed by atoms with Gasteiger partial charge in [0, 0.05) is 37.8 Å². The summed E-state index contributed by atoms with van der Waals surface area (Å²) in [6, 6.07) is 9.44. The van der Waals surface area contributed by atoms with Crippen molar-refractivity contribution in [2.24, 2.45) is 0 Å². The van der Waals surface area contributed by atoms with Crippen molar-refractivity contribution >= 4 is 33.9 Å². The Morgan fingerprint density at radius 3 is 2.63 bits per heavy atom. The summed E-state index contributed by atoms with van der Waals surface area (Å²) in [5, 5.41) is 15.9. The number of nitrogens with zero attached hydrogens (tertiary/aromatic N) is 6. The van der Waals surface area contributed by atoms with Gasteiger partial charge in [0.1, 0.15) is 6.33 Å². The van der Waals surface area contributed by atoms with Crippen LogP contribution in [0.25, 0.3) is 10.9 Å². The van der Waals surface area contributed by atoms with Crippen LogP contribution < -0.4 is 10.2 Å². The van der Waals surface area contributed by atoms with Crippen LogP contribution >= 0.6 is 0 Å². The quantitative estimate of drug-likeness (QED) is 0.556. The van der Waals surface area contributed by atoms with Crippen molar-refractivity contribution in [3.63, 3.8) is 0 Å². The number of para-hydroxylation sites is 1. The summed E-state index contributed by atoms with van der Waals surface area (Å²) in [4.78, 5) is 28.3. The molecule has 0 spiro atoms. The molecule has 138 valence electrons. The number of nitrogens with one attached hydrogen (secondary N) is 1. The lowest BCUT2D eigenvalue weighted by atomic mass is 10.2. The standard InChI is InChI=1S/C18H19N7O2/c1-23-8-10-24(11-9-23)18-16(25(26)27)17(20-12-21-18)22-14-6-2-4-13-5-3-7-19-15(13)14/h2-7,12H,8-11H2,1H3,(H,20,21,22). The lowest BCUT2D eigenvalue weighted by Gasteiger charge is -2.32. The molecule has 27 heavy (non-hydrogen) atoms. The van der Waals surface area contributed by atoms with Gasteiger partial charge in [0.2, 0.25) is 11.6 Å². The van der Waals surface area contributed by atoms with E-state index in [2.05, 4.69) is 25.2 Å². The number of benzene rings is 1. The molecule has 1 aromatic carbocycles. The third-order valence-electron chi connectivity index (χ3n) is 4.67. The topological polar surface area (TPSA) is 100 Å². The highest BCUT2D eigenvalue weighted by Gasteiger charge is 2.29. The fourth-order valence-electron chi connectivity index (χ4n) is 3.21. The van der Waals surface area contributed by atoms with E-state index in [0.29, 0.717) is 24.6 Å². The highest BCUT2D eigenvalue weighted by molar-refractivity contribution is 5.92. The second kappa shape index (κ2) is 7.12. The number of pyridine rings is 1. The Morgan fingerprint density at radius 1 is 1.07 bits per heavy atom. The Kier molecular flexibility index (Phi) is 4.51. The van der Waals surface area contributed by atoms with Crippen LogP contribution in [-0.2, 0) is 0 Å². The van der Waals surface area contributed by atoms with Gasteiger partial charge in [0.25, 0.3) is 0 Å². The first-order valence-electron chi connectivity index (χ1n) is 8.67. The molecule has 1 aliphatic rings. The first-order valence-corrected chi connectivity index (χ1v) is 8.67. The number of hydrogen-bond acceptors (Lipinski definition) is 8. The van der Waals surface area contributed by atoms with Gasteiger partial charge >= 0.3 is 5.69 Å². The molecule has 3 aromatic rings. The van der Waals surface area contributed by atoms with Gasteiger partial charge in [-0.2, -0.15) is 0 Å². The summed E-state index contributed by atoms with van der Waals surface area (Å²) in [6.07, 6.45) is 3.05. The van der Waals surface area contributed by atoms with Crippen LogP contribution in [0.2, 0.25) is 0 Å². The number of aromatic nitrogens is 3. The molecule has 0 unspecified atom stereocenters. The summed E-state index contributed by atoms with van der Waals surface area (Å²) >= 11 is 0. The lowest BCUT2D eigenvalue weighted by molar-refractivity contribution is -0.383. The van der Waals surface area contributed by atoms with E-state index in [4.69, 9.17) is 0 Å². The molecule has 1 saturated heterocycles. The van der Waals surface area contributed by atoms with Crippen molar-refractivity contribution < 1.29 is 4.92 Å². The van der Waals surface area contributed by atoms with E-state index in [1.807, 2.05) is 42.3 Å². The summed E-state index contributed by atoms with van der Waals surface area (Å²) in [5.74, 6) is 0.515. The second-order valence-electron chi connectivity index (χ2n) is 6.45. The average molecular weight is 365 g/mol. The van der Waals surface area contributed by atoms with Crippen LogP contribution in [0.3, 0.4) is 0 Å². The molecule has 0 atom stereocenters. The normalized spacial score (nSPS) is 15.1. The molecule has 0 amide bonds. The molecule has 9 heteroatoms. The lowest BCUT2D eigenvalue weighted by Crippen LogP contribution is -2.45. The minimum Gasteiger partial charge on any atom is -0.348 e. The zero-order chi connectivity index (χ0) is 18.8. The van der Waals surface area contributed by atoms with Gasteiger partial charge in [-0.1, -0.05) is 18.2 Å². The van der Waals surface area contributed by atoms with Gasteiger partial charge in [0.05, 0.1) is 16.1 Å². The number of hydrogen-bond donors (Lipinski definition) is 1. The maximum absolute atomic E-state index is 11.8. The first-order chi connectivity index (χ1) is 13.1. The fraction of sp³-hybridized carbons (Fsp3) is 0.278. The number of nitro groups is 1. The Labute approximate surface area is 155 Å². The predicted molar refractivity (Wildman–Crippen MR) is 103 cm³/mol. The molecule has 1 N–H and O–H groups in total. The van der Waals surface area contributed by atoms with Crippen LogP contribution in [0, 0.1) is 10.1 Å². The molecule has 0 radical (unpaired) electrons. The Morgan fingerprint density at radius 2 is 1.85 bits per heavy atom. The van der Waals surface area contributed by atoms with E-state index in [0.717, 1.165) is 24.0 Å². The van der Waals surface area contributed by atoms with E-state index >= 15 is 0 Å². The molecule has 0 bridgehead atoms. The van der Waals surface area contributed by atoms with Crippen molar-refractivity contribution in [1.29, 1.82) is 0 Å². The number of anilines is 3. The molecule has 0 saturated carbocycles. The third kappa shape index (κ3) is 3.36. The summed E-state index contributed by atoms with van der Waals surface area (Å²) in [6.45, 7) is 3.03. The molecule has 1 fully saturated rings. The first kappa shape index (κ1) is 17.1. The van der Waals surface area contributed by atoms with Gasteiger partial charge in [-0.25, -0.2) is 9.97 Å². The Hall–Kier alpha value is -3.33. The van der Waals surface area contributed by atoms with E-state index in [9.17, 15) is 10.1 Å². The van der Waals surface area contributed by atoms with Gasteiger partial charge in [-0.05, 0) is 19.2 Å². The van der Waals surface area contributed by atoms with Gasteiger partial charge in [-0.15, -0.1) is 0 Å². The number of piperazine rings is 1. The van der Waals surface area contributed by atoms with E-state index in [1.54, 1.807) is 6.20 Å². The zero-order valence-corrected chi connectivity index (χ0v) is 14.9. The van der Waals surface area contributed by atoms with Gasteiger partial charge in [-0.3, -0.25) is 15.1 Å². The highest BCUT2D eigenvalue weighted by atomic mass is 16.6. The number of likely N-dealkylation sites (N-methyl/N-ethyl adjacent to an activating group) is 1. The van der Waals surface area contributed by atoms with E-state index in [1.165, 1.54) is 6.33 Å².